The molecule has 4 aromatic rings. The van der Waals surface area contributed by atoms with E-state index in [4.69, 9.17) is 10.7 Å². The van der Waals surface area contributed by atoms with Crippen molar-refractivity contribution in [2.75, 3.05) is 41.7 Å². The van der Waals surface area contributed by atoms with Gasteiger partial charge in [0, 0.05) is 40.6 Å². The average Bonchev–Trinajstić information content (AvgIpc) is 3.38. The smallest absolute Gasteiger partial charge is 0.185 e. The quantitative estimate of drug-likeness (QED) is 0.562. The highest BCUT2D eigenvalue weighted by molar-refractivity contribution is 7.13. The largest absolute Gasteiger partial charge is 0.382 e. The standard InChI is InChI=1S/C18H18N8S.2H2/c19-16-15(17-22-12-3-1-2-4-13(12)23-17)24-14(11-21-16)25-6-8-26(9-7-25)18-20-5-10-27-18;;/h1-5,10-11H,6-9H2,(H2,19,21)(H,22,23);2*1H. The normalized spacial score (nSPS) is 14.8. The first-order valence-corrected chi connectivity index (χ1v) is 9.63. The van der Waals surface area contributed by atoms with Crippen LogP contribution in [0.4, 0.5) is 16.8 Å². The third-order valence-corrected chi connectivity index (χ3v) is 5.53. The zero-order valence-corrected chi connectivity index (χ0v) is 15.4. The predicted octanol–water partition coefficient (Wildman–Crippen LogP) is 2.88. The minimum absolute atomic E-state index is 0. The molecule has 4 heterocycles. The number of anilines is 3. The Hall–Kier alpha value is -3.20. The minimum Gasteiger partial charge on any atom is -0.382 e. The number of imidazole rings is 1. The number of hydrogen-bond donors (Lipinski definition) is 2. The number of para-hydroxylation sites is 2. The van der Waals surface area contributed by atoms with Crippen molar-refractivity contribution in [2.45, 2.75) is 0 Å². The molecule has 3 N–H and O–H groups in total. The van der Waals surface area contributed by atoms with Crippen LogP contribution >= 0.6 is 11.3 Å². The molecule has 9 heteroatoms. The Labute approximate surface area is 162 Å². The number of aromatic amines is 1. The summed E-state index contributed by atoms with van der Waals surface area (Å²) in [6, 6.07) is 7.87. The fourth-order valence-corrected chi connectivity index (χ4v) is 3.98. The molecule has 1 fully saturated rings. The summed E-state index contributed by atoms with van der Waals surface area (Å²) in [6.07, 6.45) is 3.58. The van der Waals surface area contributed by atoms with E-state index in [-0.39, 0.29) is 2.85 Å². The van der Waals surface area contributed by atoms with Crippen LogP contribution in [0.15, 0.2) is 42.0 Å². The summed E-state index contributed by atoms with van der Waals surface area (Å²) in [5.41, 5.74) is 8.52. The number of nitrogens with two attached hydrogens (primary N) is 1. The number of fused-ring (bicyclic) bond motifs is 1. The number of thiazole rings is 1. The lowest BCUT2D eigenvalue weighted by atomic mass is 10.3. The number of nitrogen functional groups attached to an aromatic ring is 1. The van der Waals surface area contributed by atoms with E-state index in [1.165, 1.54) is 0 Å². The maximum absolute atomic E-state index is 6.09. The Bertz CT molecular complexity index is 1040. The van der Waals surface area contributed by atoms with Gasteiger partial charge in [-0.05, 0) is 12.1 Å². The first kappa shape index (κ1) is 16.0. The van der Waals surface area contributed by atoms with Gasteiger partial charge in [0.25, 0.3) is 0 Å². The molecule has 0 amide bonds. The van der Waals surface area contributed by atoms with Crippen molar-refractivity contribution in [3.05, 3.63) is 42.0 Å². The van der Waals surface area contributed by atoms with E-state index in [1.807, 2.05) is 35.8 Å². The highest BCUT2D eigenvalue weighted by atomic mass is 32.1. The van der Waals surface area contributed by atoms with Gasteiger partial charge < -0.3 is 20.5 Å². The summed E-state index contributed by atoms with van der Waals surface area (Å²) in [5.74, 6) is 1.84. The van der Waals surface area contributed by atoms with Crippen molar-refractivity contribution in [3.63, 3.8) is 0 Å². The van der Waals surface area contributed by atoms with Gasteiger partial charge in [-0.2, -0.15) is 0 Å². The molecule has 0 bridgehead atoms. The summed E-state index contributed by atoms with van der Waals surface area (Å²) in [7, 11) is 0. The second kappa shape index (κ2) is 6.51. The van der Waals surface area contributed by atoms with Crippen molar-refractivity contribution in [1.29, 1.82) is 0 Å². The van der Waals surface area contributed by atoms with Crippen LogP contribution in [0.25, 0.3) is 22.6 Å². The van der Waals surface area contributed by atoms with Gasteiger partial charge in [0.15, 0.2) is 22.5 Å². The van der Waals surface area contributed by atoms with Crippen molar-refractivity contribution >= 4 is 39.1 Å². The average molecular weight is 382 g/mol. The lowest BCUT2D eigenvalue weighted by Gasteiger charge is -2.35. The molecular formula is C18H22N8S. The van der Waals surface area contributed by atoms with Gasteiger partial charge in [0.2, 0.25) is 0 Å². The molecule has 0 unspecified atom stereocenters. The molecule has 0 saturated carbocycles. The molecule has 0 aliphatic carbocycles. The van der Waals surface area contributed by atoms with Crippen LogP contribution in [-0.2, 0) is 0 Å². The minimum atomic E-state index is 0. The van der Waals surface area contributed by atoms with Crippen molar-refractivity contribution in [2.24, 2.45) is 0 Å². The Morgan fingerprint density at radius 1 is 1.04 bits per heavy atom. The SMILES string of the molecule is Nc1ncc(N2CCN(c3nccs3)CC2)nc1-c1nc2ccccc2[nH]1.[HH].[HH]. The number of aromatic nitrogens is 5. The Morgan fingerprint density at radius 2 is 1.85 bits per heavy atom. The predicted molar refractivity (Wildman–Crippen MR) is 112 cm³/mol. The van der Waals surface area contributed by atoms with Gasteiger partial charge in [-0.15, -0.1) is 11.3 Å². The highest BCUT2D eigenvalue weighted by Crippen LogP contribution is 2.26. The number of piperazine rings is 1. The molecule has 0 atom stereocenters. The van der Waals surface area contributed by atoms with E-state index in [1.54, 1.807) is 17.5 Å². The number of H-pyrrole nitrogens is 1. The number of benzene rings is 1. The second-order valence-corrected chi connectivity index (χ2v) is 7.23. The molecule has 0 radical (unpaired) electrons. The van der Waals surface area contributed by atoms with Gasteiger partial charge in [0.05, 0.1) is 17.2 Å². The van der Waals surface area contributed by atoms with E-state index in [0.717, 1.165) is 48.2 Å². The molecule has 140 valence electrons. The number of hydrogen-bond acceptors (Lipinski definition) is 8. The van der Waals surface area contributed by atoms with E-state index in [2.05, 4.69) is 29.7 Å². The molecule has 1 saturated heterocycles. The van der Waals surface area contributed by atoms with Crippen LogP contribution in [0, 0.1) is 0 Å². The molecule has 8 nitrogen and oxygen atoms in total. The Morgan fingerprint density at radius 3 is 2.63 bits per heavy atom. The van der Waals surface area contributed by atoms with Crippen LogP contribution in [0.5, 0.6) is 0 Å². The summed E-state index contributed by atoms with van der Waals surface area (Å²) in [5, 5.41) is 3.08. The zero-order valence-electron chi connectivity index (χ0n) is 14.5. The van der Waals surface area contributed by atoms with Gasteiger partial charge in [-0.1, -0.05) is 12.1 Å². The van der Waals surface area contributed by atoms with Gasteiger partial charge in [0.1, 0.15) is 5.82 Å². The van der Waals surface area contributed by atoms with Crippen LogP contribution in [0.1, 0.15) is 2.85 Å². The third-order valence-electron chi connectivity index (χ3n) is 4.70. The third kappa shape index (κ3) is 2.95. The Balaban J connectivity index is 0.00000120. The monoisotopic (exact) mass is 382 g/mol. The molecule has 1 aliphatic rings. The summed E-state index contributed by atoms with van der Waals surface area (Å²) >= 11 is 1.67. The van der Waals surface area contributed by atoms with E-state index in [9.17, 15) is 0 Å². The lowest BCUT2D eigenvalue weighted by Crippen LogP contribution is -2.46. The zero-order chi connectivity index (χ0) is 18.2. The van der Waals surface area contributed by atoms with Gasteiger partial charge in [-0.3, -0.25) is 0 Å². The van der Waals surface area contributed by atoms with E-state index >= 15 is 0 Å². The van der Waals surface area contributed by atoms with Crippen molar-refractivity contribution in [1.82, 2.24) is 24.9 Å². The molecule has 1 aromatic carbocycles. The first-order valence-electron chi connectivity index (χ1n) is 8.75. The van der Waals surface area contributed by atoms with Gasteiger partial charge >= 0.3 is 0 Å². The molecule has 1 aliphatic heterocycles. The molecule has 27 heavy (non-hydrogen) atoms. The van der Waals surface area contributed by atoms with Crippen LogP contribution in [0.2, 0.25) is 0 Å². The Kier molecular flexibility index (Phi) is 3.86. The van der Waals surface area contributed by atoms with E-state index < -0.39 is 0 Å². The molecule has 0 spiro atoms. The molecular weight excluding hydrogens is 360 g/mol. The fraction of sp³-hybridized carbons (Fsp3) is 0.222. The summed E-state index contributed by atoms with van der Waals surface area (Å²) < 4.78 is 0. The topological polar surface area (TPSA) is 99.8 Å². The molecule has 5 rings (SSSR count). The van der Waals surface area contributed by atoms with Crippen molar-refractivity contribution < 1.29 is 2.85 Å². The van der Waals surface area contributed by atoms with Gasteiger partial charge in [-0.25, -0.2) is 19.9 Å². The summed E-state index contributed by atoms with van der Waals surface area (Å²) in [4.78, 5) is 25.9. The van der Waals surface area contributed by atoms with Crippen molar-refractivity contribution in [3.8, 4) is 11.5 Å². The maximum atomic E-state index is 6.09. The fourth-order valence-electron chi connectivity index (χ4n) is 3.28. The highest BCUT2D eigenvalue weighted by Gasteiger charge is 2.21. The van der Waals surface area contributed by atoms with E-state index in [0.29, 0.717) is 17.3 Å². The molecule has 3 aromatic heterocycles. The number of nitrogens with zero attached hydrogens (tertiary/aromatic N) is 6. The van der Waals surface area contributed by atoms with Crippen LogP contribution in [0.3, 0.4) is 0 Å². The van der Waals surface area contributed by atoms with Crippen LogP contribution in [-0.4, -0.2) is 51.1 Å². The first-order chi connectivity index (χ1) is 13.3. The number of nitrogens with one attached hydrogen (secondary N) is 1. The summed E-state index contributed by atoms with van der Waals surface area (Å²) in [6.45, 7) is 3.52. The number of rotatable bonds is 3. The van der Waals surface area contributed by atoms with Crippen LogP contribution < -0.4 is 15.5 Å². The maximum Gasteiger partial charge on any atom is 0.185 e. The second-order valence-electron chi connectivity index (χ2n) is 6.35. The lowest BCUT2D eigenvalue weighted by molar-refractivity contribution is 0.645.